The molecule has 0 radical (unpaired) electrons. The topological polar surface area (TPSA) is 9.23 Å². The van der Waals surface area contributed by atoms with Crippen molar-refractivity contribution >= 4 is 0 Å². The second-order valence-electron chi connectivity index (χ2n) is 11.5. The lowest BCUT2D eigenvalue weighted by Gasteiger charge is -2.20. The summed E-state index contributed by atoms with van der Waals surface area (Å²) in [5.74, 6) is -7.51. The van der Waals surface area contributed by atoms with Gasteiger partial charge in [-0.3, -0.25) is 0 Å². The minimum Gasteiger partial charge on any atom is -0.429 e. The lowest BCUT2D eigenvalue weighted by atomic mass is 9.96. The summed E-state index contributed by atoms with van der Waals surface area (Å²) in [6.07, 6.45) is -0.825. The molecule has 0 heterocycles. The van der Waals surface area contributed by atoms with Crippen LogP contribution < -0.4 is 4.74 Å². The molecule has 0 bridgehead atoms. The first-order chi connectivity index (χ1) is 23.7. The van der Waals surface area contributed by atoms with Crippen LogP contribution in [0.15, 0.2) is 72.8 Å². The highest BCUT2D eigenvalue weighted by atomic mass is 19.3. The molecule has 5 aromatic carbocycles. The van der Waals surface area contributed by atoms with E-state index in [4.69, 9.17) is 0 Å². The van der Waals surface area contributed by atoms with E-state index >= 15 is 13.2 Å². The van der Waals surface area contributed by atoms with Crippen LogP contribution in [0.25, 0.3) is 22.3 Å². The number of aryl methyl sites for hydroxylation is 2. The molecule has 5 aromatic rings. The highest BCUT2D eigenvalue weighted by Crippen LogP contribution is 2.36. The van der Waals surface area contributed by atoms with Gasteiger partial charge in [-0.2, -0.15) is 8.78 Å². The number of hydrogen-bond acceptors (Lipinski definition) is 1. The Hall–Kier alpha value is -5.24. The fourth-order valence-electron chi connectivity index (χ4n) is 5.26. The summed E-state index contributed by atoms with van der Waals surface area (Å²) >= 11 is 0. The lowest BCUT2D eigenvalue weighted by molar-refractivity contribution is -0.187. The first-order valence-corrected chi connectivity index (χ1v) is 15.3. The predicted molar refractivity (Wildman–Crippen MR) is 168 cm³/mol. The third-order valence-corrected chi connectivity index (χ3v) is 7.89. The lowest BCUT2D eigenvalue weighted by Crippen LogP contribution is -2.24. The Morgan fingerprint density at radius 3 is 1.82 bits per heavy atom. The molecule has 0 fully saturated rings. The molecule has 0 saturated carbocycles. The van der Waals surface area contributed by atoms with Crippen molar-refractivity contribution in [3.8, 4) is 39.8 Å². The maximum absolute atomic E-state index is 15.2. The second-order valence-corrected chi connectivity index (χ2v) is 11.5. The molecule has 0 amide bonds. The van der Waals surface area contributed by atoms with Crippen LogP contribution in [0.4, 0.5) is 43.9 Å². The Labute approximate surface area is 281 Å². The average Bonchev–Trinajstić information content (AvgIpc) is 3.04. The van der Waals surface area contributed by atoms with Crippen LogP contribution in [0.2, 0.25) is 0 Å². The van der Waals surface area contributed by atoms with Crippen LogP contribution >= 0.6 is 0 Å². The molecule has 0 unspecified atom stereocenters. The van der Waals surface area contributed by atoms with Crippen LogP contribution in [-0.2, 0) is 12.5 Å². The molecule has 258 valence electrons. The molecule has 0 aliphatic heterocycles. The van der Waals surface area contributed by atoms with E-state index in [1.165, 1.54) is 25.1 Å². The van der Waals surface area contributed by atoms with Crippen LogP contribution in [0.5, 0.6) is 5.75 Å². The van der Waals surface area contributed by atoms with Crippen molar-refractivity contribution in [2.45, 2.75) is 45.6 Å². The number of unbranched alkanes of at least 4 members (excludes halogenated alkanes) is 2. The Bertz CT molecular complexity index is 2100. The number of ether oxygens (including phenoxy) is 1. The average molecular weight is 701 g/mol. The molecule has 5 rings (SSSR count). The van der Waals surface area contributed by atoms with Gasteiger partial charge in [-0.1, -0.05) is 55.9 Å². The zero-order valence-corrected chi connectivity index (χ0v) is 26.4. The van der Waals surface area contributed by atoms with Crippen molar-refractivity contribution in [2.75, 3.05) is 0 Å². The highest BCUT2D eigenvalue weighted by Gasteiger charge is 2.38. The minimum atomic E-state index is -4.48. The fourth-order valence-corrected chi connectivity index (χ4v) is 5.26. The first-order valence-electron chi connectivity index (χ1n) is 15.3. The molecule has 0 aliphatic rings. The van der Waals surface area contributed by atoms with Crippen molar-refractivity contribution in [3.05, 3.63) is 147 Å². The number of benzene rings is 5. The summed E-state index contributed by atoms with van der Waals surface area (Å²) in [7, 11) is 0. The number of alkyl halides is 2. The predicted octanol–water partition coefficient (Wildman–Crippen LogP) is 11.7. The molecule has 0 saturated heterocycles. The summed E-state index contributed by atoms with van der Waals surface area (Å²) in [5, 5.41) is 0. The summed E-state index contributed by atoms with van der Waals surface area (Å²) in [4.78, 5) is 0. The van der Waals surface area contributed by atoms with Crippen LogP contribution in [-0.4, -0.2) is 0 Å². The maximum atomic E-state index is 15.2. The zero-order valence-electron chi connectivity index (χ0n) is 26.4. The SMILES string of the molecule is CCCCCc1ccc(-c2ccc(-c3cc(F)c(C#Cc4cc(F)c(C(F)(F)Oc5cc(F)c(F)c(F)c5)cc4C)c(F)c3)c(F)c2)c(F)c1. The van der Waals surface area contributed by atoms with E-state index in [9.17, 15) is 30.7 Å². The van der Waals surface area contributed by atoms with E-state index in [0.717, 1.165) is 43.0 Å². The van der Waals surface area contributed by atoms with E-state index in [-0.39, 0.29) is 45.5 Å². The first kappa shape index (κ1) is 36.1. The van der Waals surface area contributed by atoms with Gasteiger partial charge in [-0.05, 0) is 78.4 Å². The number of hydrogen-bond donors (Lipinski definition) is 0. The van der Waals surface area contributed by atoms with Gasteiger partial charge in [0.2, 0.25) is 0 Å². The van der Waals surface area contributed by atoms with E-state index in [1.54, 1.807) is 12.1 Å². The van der Waals surface area contributed by atoms with Gasteiger partial charge in [0, 0.05) is 28.8 Å². The summed E-state index contributed by atoms with van der Waals surface area (Å²) in [6.45, 7) is 3.29. The van der Waals surface area contributed by atoms with Crippen molar-refractivity contribution in [1.29, 1.82) is 0 Å². The smallest absolute Gasteiger partial charge is 0.429 e. The highest BCUT2D eigenvalue weighted by molar-refractivity contribution is 5.72. The molecule has 0 N–H and O–H groups in total. The minimum absolute atomic E-state index is 0.0872. The van der Waals surface area contributed by atoms with Crippen molar-refractivity contribution in [2.24, 2.45) is 0 Å². The molecule has 1 nitrogen and oxygen atoms in total. The monoisotopic (exact) mass is 700 g/mol. The van der Waals surface area contributed by atoms with Crippen molar-refractivity contribution < 1.29 is 48.6 Å². The van der Waals surface area contributed by atoms with Gasteiger partial charge in [0.25, 0.3) is 0 Å². The Balaban J connectivity index is 1.37. The van der Waals surface area contributed by atoms with Gasteiger partial charge in [0.15, 0.2) is 17.5 Å². The van der Waals surface area contributed by atoms with Crippen molar-refractivity contribution in [3.63, 3.8) is 0 Å². The fraction of sp³-hybridized carbons (Fsp3) is 0.179. The Morgan fingerprint density at radius 2 is 1.20 bits per heavy atom. The molecule has 0 aromatic heterocycles. The van der Waals surface area contributed by atoms with Crippen LogP contribution in [0.3, 0.4) is 0 Å². The number of halogens is 10. The molecule has 0 aliphatic carbocycles. The molecule has 11 heteroatoms. The van der Waals surface area contributed by atoms with Gasteiger partial charge >= 0.3 is 6.11 Å². The molecular formula is C39H26F10O. The third kappa shape index (κ3) is 7.80. The van der Waals surface area contributed by atoms with Gasteiger partial charge in [-0.15, -0.1) is 0 Å². The number of rotatable bonds is 9. The van der Waals surface area contributed by atoms with E-state index < -0.39 is 69.5 Å². The molecular weight excluding hydrogens is 674 g/mol. The quantitative estimate of drug-likeness (QED) is 0.0644. The van der Waals surface area contributed by atoms with E-state index in [2.05, 4.69) is 23.5 Å². The molecule has 0 atom stereocenters. The third-order valence-electron chi connectivity index (χ3n) is 7.89. The van der Waals surface area contributed by atoms with Crippen molar-refractivity contribution in [1.82, 2.24) is 0 Å². The largest absolute Gasteiger partial charge is 0.429 e. The summed E-state index contributed by atoms with van der Waals surface area (Å²) in [5.41, 5.74) is -1.62. The summed E-state index contributed by atoms with van der Waals surface area (Å²) in [6, 6.07) is 11.6. The van der Waals surface area contributed by atoms with Crippen LogP contribution in [0.1, 0.15) is 54.0 Å². The zero-order chi connectivity index (χ0) is 36.3. The van der Waals surface area contributed by atoms with Gasteiger partial charge in [-0.25, -0.2) is 35.1 Å². The molecule has 0 spiro atoms. The van der Waals surface area contributed by atoms with Gasteiger partial charge in [0.05, 0.1) is 5.56 Å². The Kier molecular flexibility index (Phi) is 10.6. The Morgan fingerprint density at radius 1 is 0.600 bits per heavy atom. The van der Waals surface area contributed by atoms with Gasteiger partial charge < -0.3 is 4.74 Å². The van der Waals surface area contributed by atoms with E-state index in [1.807, 2.05) is 0 Å². The molecule has 50 heavy (non-hydrogen) atoms. The maximum Gasteiger partial charge on any atom is 0.429 e. The van der Waals surface area contributed by atoms with Crippen LogP contribution in [0, 0.1) is 65.3 Å². The summed E-state index contributed by atoms with van der Waals surface area (Å²) < 4.78 is 149. The normalized spacial score (nSPS) is 11.4. The van der Waals surface area contributed by atoms with E-state index in [0.29, 0.717) is 18.6 Å². The van der Waals surface area contributed by atoms with Gasteiger partial charge in [0.1, 0.15) is 40.4 Å². The second kappa shape index (κ2) is 14.7. The standard InChI is InChI=1S/C39H26F10O/c1-3-4-5-6-22-7-10-27(31(40)14-22)24-9-11-28(32(41)16-24)25-17-33(42)29(34(43)18-25)12-8-23-15-35(44)30(13-21(23)2)39(48,49)50-26-19-36(45)38(47)37(46)20-26/h7,9-11,13-20H,3-6H2,1-2H3.